The van der Waals surface area contributed by atoms with Crippen LogP contribution in [0.1, 0.15) is 22.5 Å². The third kappa shape index (κ3) is 4.11. The van der Waals surface area contributed by atoms with Crippen molar-refractivity contribution >= 4 is 29.0 Å². The van der Waals surface area contributed by atoms with Gasteiger partial charge in [-0.05, 0) is 25.0 Å². The van der Waals surface area contributed by atoms with Gasteiger partial charge < -0.3 is 15.4 Å². The van der Waals surface area contributed by atoms with Crippen molar-refractivity contribution < 1.29 is 18.7 Å². The molecule has 3 rings (SSSR count). The van der Waals surface area contributed by atoms with E-state index in [4.69, 9.17) is 4.74 Å². The van der Waals surface area contributed by atoms with Crippen LogP contribution in [0.3, 0.4) is 0 Å². The minimum Gasteiger partial charge on any atom is -0.474 e. The van der Waals surface area contributed by atoms with Gasteiger partial charge in [0.15, 0.2) is 4.88 Å². The van der Waals surface area contributed by atoms with Crippen LogP contribution in [0.5, 0.6) is 5.88 Å². The molecule has 2 heterocycles. The second kappa shape index (κ2) is 7.56. The normalized spacial score (nSPS) is 13.4. The maximum atomic E-state index is 12.4. The Morgan fingerprint density at radius 1 is 1.44 bits per heavy atom. The number of aromatic nitrogens is 2. The first kappa shape index (κ1) is 17.3. The first-order chi connectivity index (χ1) is 12.1. The van der Waals surface area contributed by atoms with E-state index in [1.165, 1.54) is 7.05 Å². The zero-order valence-electron chi connectivity index (χ0n) is 13.5. The highest BCUT2D eigenvalue weighted by Crippen LogP contribution is 2.34. The molecule has 1 fully saturated rings. The van der Waals surface area contributed by atoms with Crippen LogP contribution in [0.2, 0.25) is 0 Å². The standard InChI is InChI=1S/C16H17FN4O3S/c1-18-14(23)12-15(24-7-5-17)21-16(25-12)10-4-6-19-11(8-10)20-13(22)9-2-3-9/h4,6,8-9H,2-3,5,7H2,1H3,(H,18,23)(H,19,20,22)/i17-1. The van der Waals surface area contributed by atoms with Crippen molar-refractivity contribution in [2.45, 2.75) is 12.8 Å². The summed E-state index contributed by atoms with van der Waals surface area (Å²) in [4.78, 5) is 32.5. The smallest absolute Gasteiger partial charge is 0.266 e. The largest absolute Gasteiger partial charge is 0.474 e. The highest BCUT2D eigenvalue weighted by molar-refractivity contribution is 7.17. The van der Waals surface area contributed by atoms with E-state index in [0.29, 0.717) is 16.4 Å². The molecule has 9 heteroatoms. The first-order valence-corrected chi connectivity index (χ1v) is 8.63. The van der Waals surface area contributed by atoms with Gasteiger partial charge in [-0.15, -0.1) is 11.3 Å². The van der Waals surface area contributed by atoms with Gasteiger partial charge in [-0.25, -0.2) is 14.4 Å². The van der Waals surface area contributed by atoms with Gasteiger partial charge in [-0.1, -0.05) is 0 Å². The van der Waals surface area contributed by atoms with Crippen molar-refractivity contribution in [1.82, 2.24) is 15.3 Å². The fourth-order valence-corrected chi connectivity index (χ4v) is 3.08. The summed E-state index contributed by atoms with van der Waals surface area (Å²) in [5, 5.41) is 5.80. The molecule has 0 bridgehead atoms. The molecule has 0 atom stereocenters. The van der Waals surface area contributed by atoms with Crippen LogP contribution in [0, 0.1) is 5.92 Å². The van der Waals surface area contributed by atoms with Gasteiger partial charge in [0.25, 0.3) is 5.91 Å². The number of nitrogens with zero attached hydrogens (tertiary/aromatic N) is 2. The molecule has 0 unspecified atom stereocenters. The molecule has 2 N–H and O–H groups in total. The first-order valence-electron chi connectivity index (χ1n) is 7.81. The van der Waals surface area contributed by atoms with Crippen LogP contribution in [0.25, 0.3) is 10.6 Å². The molecule has 2 aromatic rings. The summed E-state index contributed by atoms with van der Waals surface area (Å²) in [5.74, 6) is 0.205. The van der Waals surface area contributed by atoms with Crippen LogP contribution in [-0.4, -0.2) is 42.1 Å². The SMILES string of the molecule is CNC(=O)c1sc(-c2ccnc(NC(=O)C3CC3)c2)nc1OCC[18F]. The Bertz CT molecular complexity index is 791. The lowest BCUT2D eigenvalue weighted by Gasteiger charge is -2.04. The molecule has 0 radical (unpaired) electrons. The lowest BCUT2D eigenvalue weighted by Crippen LogP contribution is -2.17. The van der Waals surface area contributed by atoms with Gasteiger partial charge in [0.1, 0.15) is 24.1 Å². The number of rotatable bonds is 7. The van der Waals surface area contributed by atoms with Crippen LogP contribution in [0.15, 0.2) is 18.3 Å². The molecule has 0 aliphatic heterocycles. The summed E-state index contributed by atoms with van der Waals surface area (Å²) < 4.78 is 17.6. The number of carbonyl (C=O) groups is 2. The fraction of sp³-hybridized carbons (Fsp3) is 0.375. The quantitative estimate of drug-likeness (QED) is 0.787. The molecule has 2 aromatic heterocycles. The molecule has 1 saturated carbocycles. The highest BCUT2D eigenvalue weighted by atomic mass is 32.1. The van der Waals surface area contributed by atoms with Crippen molar-refractivity contribution in [1.29, 1.82) is 0 Å². The van der Waals surface area contributed by atoms with Gasteiger partial charge in [-0.3, -0.25) is 9.59 Å². The molecule has 132 valence electrons. The Kier molecular flexibility index (Phi) is 5.22. The Labute approximate surface area is 147 Å². The summed E-state index contributed by atoms with van der Waals surface area (Å²) in [6, 6.07) is 3.41. The Hall–Kier alpha value is -2.55. The van der Waals surface area contributed by atoms with Crippen molar-refractivity contribution in [3.63, 3.8) is 0 Å². The molecule has 0 aromatic carbocycles. The predicted molar refractivity (Wildman–Crippen MR) is 91.6 cm³/mol. The predicted octanol–water partition coefficient (Wildman–Crippen LogP) is 2.26. The minimum atomic E-state index is -0.674. The number of ether oxygens (including phenoxy) is 1. The Balaban J connectivity index is 1.86. The topological polar surface area (TPSA) is 93.2 Å². The Morgan fingerprint density at radius 3 is 2.92 bits per heavy atom. The monoisotopic (exact) mass is 363 g/mol. The van der Waals surface area contributed by atoms with E-state index < -0.39 is 6.67 Å². The number of thiazole rings is 1. The Morgan fingerprint density at radius 2 is 2.24 bits per heavy atom. The number of pyridine rings is 1. The van der Waals surface area contributed by atoms with E-state index in [9.17, 15) is 14.0 Å². The van der Waals surface area contributed by atoms with Crippen molar-refractivity contribution in [3.05, 3.63) is 23.2 Å². The minimum absolute atomic E-state index is 0.0400. The third-order valence-corrected chi connectivity index (χ3v) is 4.64. The van der Waals surface area contributed by atoms with Gasteiger partial charge in [0.2, 0.25) is 11.8 Å². The van der Waals surface area contributed by atoms with Gasteiger partial charge in [0, 0.05) is 24.7 Å². The number of halogens is 1. The van der Waals surface area contributed by atoms with Crippen LogP contribution in [0.4, 0.5) is 10.2 Å². The number of alkyl halides is 1. The number of anilines is 1. The highest BCUT2D eigenvalue weighted by Gasteiger charge is 2.29. The second-order valence-electron chi connectivity index (χ2n) is 5.46. The summed E-state index contributed by atoms with van der Waals surface area (Å²) in [6.45, 7) is -0.848. The van der Waals surface area contributed by atoms with Gasteiger partial charge in [0.05, 0.1) is 0 Å². The fourth-order valence-electron chi connectivity index (χ4n) is 2.13. The molecular weight excluding hydrogens is 346 g/mol. The van der Waals surface area contributed by atoms with Crippen molar-refractivity contribution in [2.24, 2.45) is 5.92 Å². The van der Waals surface area contributed by atoms with E-state index in [1.54, 1.807) is 18.3 Å². The number of carbonyl (C=O) groups excluding carboxylic acids is 2. The van der Waals surface area contributed by atoms with Crippen LogP contribution in [-0.2, 0) is 4.79 Å². The zero-order chi connectivity index (χ0) is 17.8. The average Bonchev–Trinajstić information content (AvgIpc) is 3.39. The van der Waals surface area contributed by atoms with Crippen molar-refractivity contribution in [3.8, 4) is 16.5 Å². The average molecular weight is 363 g/mol. The summed E-state index contributed by atoms with van der Waals surface area (Å²) >= 11 is 1.13. The molecule has 1 aliphatic carbocycles. The lowest BCUT2D eigenvalue weighted by molar-refractivity contribution is -0.117. The number of hydrogen-bond donors (Lipinski definition) is 2. The summed E-state index contributed by atoms with van der Waals surface area (Å²) in [7, 11) is 1.50. The van der Waals surface area contributed by atoms with E-state index in [-0.39, 0.29) is 35.1 Å². The van der Waals surface area contributed by atoms with E-state index in [2.05, 4.69) is 20.6 Å². The molecule has 1 aliphatic rings. The molecule has 25 heavy (non-hydrogen) atoms. The van der Waals surface area contributed by atoms with E-state index in [0.717, 1.165) is 24.2 Å². The van der Waals surface area contributed by atoms with Gasteiger partial charge in [-0.2, -0.15) is 0 Å². The van der Waals surface area contributed by atoms with E-state index >= 15 is 0 Å². The third-order valence-electron chi connectivity index (χ3n) is 3.55. The summed E-state index contributed by atoms with van der Waals surface area (Å²) in [5.41, 5.74) is 0.686. The lowest BCUT2D eigenvalue weighted by atomic mass is 10.2. The van der Waals surface area contributed by atoms with Crippen molar-refractivity contribution in [2.75, 3.05) is 25.6 Å². The molecule has 0 saturated heterocycles. The summed E-state index contributed by atoms with van der Waals surface area (Å²) in [6.07, 6.45) is 3.37. The number of amides is 2. The molecule has 0 spiro atoms. The van der Waals surface area contributed by atoms with Crippen LogP contribution >= 0.6 is 11.3 Å². The zero-order valence-corrected chi connectivity index (χ0v) is 14.4. The molecule has 7 nitrogen and oxygen atoms in total. The number of nitrogens with one attached hydrogen (secondary N) is 2. The van der Waals surface area contributed by atoms with Crippen LogP contribution < -0.4 is 15.4 Å². The maximum absolute atomic E-state index is 12.4. The van der Waals surface area contributed by atoms with Gasteiger partial charge >= 0.3 is 0 Å². The number of hydrogen-bond acceptors (Lipinski definition) is 6. The molecular formula is C16H17FN4O3S. The maximum Gasteiger partial charge on any atom is 0.266 e. The molecule has 2 amide bonds. The van der Waals surface area contributed by atoms with E-state index in [1.807, 2.05) is 0 Å². The second-order valence-corrected chi connectivity index (χ2v) is 6.46.